The van der Waals surface area contributed by atoms with Gasteiger partial charge in [-0.3, -0.25) is 19.1 Å². The van der Waals surface area contributed by atoms with Crippen LogP contribution in [-0.2, 0) is 6.54 Å². The van der Waals surface area contributed by atoms with Crippen LogP contribution in [0.1, 0.15) is 33.2 Å². The summed E-state index contributed by atoms with van der Waals surface area (Å²) in [6, 6.07) is 14.7. The van der Waals surface area contributed by atoms with E-state index < -0.39 is 29.7 Å². The second kappa shape index (κ2) is 11.2. The van der Waals surface area contributed by atoms with E-state index in [0.29, 0.717) is 23.5 Å². The standard InChI is InChI=1S/C32H22ClF3N6O4/c1-17-26(41-30(43)19-5-2-3-6-20(19)31(41)44)15-40(17)29-12-28(22(33)13-37-29)46-27-10-9-18(11-25(27)36)42-32(45)39(16-38-42)14-21-23(34)7-4-8-24(21)35/h2-13,16-17,26H,14-15H2,1H3/t17-,26-/m0/s1. The Labute approximate surface area is 263 Å². The Kier molecular flexibility index (Phi) is 7.12. The molecular weight excluding hydrogens is 625 g/mol. The highest BCUT2D eigenvalue weighted by atomic mass is 35.5. The number of hydrogen-bond donors (Lipinski definition) is 0. The maximum atomic E-state index is 15.2. The number of benzene rings is 3. The maximum absolute atomic E-state index is 15.2. The van der Waals surface area contributed by atoms with Crippen molar-refractivity contribution < 1.29 is 27.5 Å². The summed E-state index contributed by atoms with van der Waals surface area (Å²) in [5.74, 6) is -2.79. The lowest BCUT2D eigenvalue weighted by Gasteiger charge is -2.50. The van der Waals surface area contributed by atoms with Gasteiger partial charge in [-0.15, -0.1) is 0 Å². The molecule has 0 bridgehead atoms. The Bertz CT molecular complexity index is 2060. The maximum Gasteiger partial charge on any atom is 0.350 e. The molecular formula is C32H22ClF3N6O4. The van der Waals surface area contributed by atoms with Crippen LogP contribution in [0.3, 0.4) is 0 Å². The monoisotopic (exact) mass is 646 g/mol. The molecule has 2 amide bonds. The third-order valence-corrected chi connectivity index (χ3v) is 8.48. The Balaban J connectivity index is 1.07. The van der Waals surface area contributed by atoms with E-state index in [2.05, 4.69) is 10.1 Å². The van der Waals surface area contributed by atoms with Crippen LogP contribution in [0.4, 0.5) is 19.0 Å². The van der Waals surface area contributed by atoms with Crippen LogP contribution in [-0.4, -0.2) is 54.7 Å². The van der Waals surface area contributed by atoms with Gasteiger partial charge < -0.3 is 9.64 Å². The molecule has 0 aliphatic carbocycles. The predicted octanol–water partition coefficient (Wildman–Crippen LogP) is 5.21. The van der Waals surface area contributed by atoms with Gasteiger partial charge in [-0.25, -0.2) is 22.9 Å². The van der Waals surface area contributed by atoms with Crippen LogP contribution < -0.4 is 15.3 Å². The summed E-state index contributed by atoms with van der Waals surface area (Å²) in [5.41, 5.74) is -0.233. The zero-order chi connectivity index (χ0) is 32.3. The molecule has 0 saturated carbocycles. The Morgan fingerprint density at radius 1 is 0.891 bits per heavy atom. The number of pyridine rings is 1. The molecule has 2 aliphatic heterocycles. The number of hydrogen-bond acceptors (Lipinski definition) is 7. The first-order valence-corrected chi connectivity index (χ1v) is 14.4. The molecule has 3 aromatic carbocycles. The lowest BCUT2D eigenvalue weighted by molar-refractivity contribution is 0.0511. The van der Waals surface area contributed by atoms with Crippen molar-refractivity contribution in [3.05, 3.63) is 129 Å². The van der Waals surface area contributed by atoms with Gasteiger partial charge in [-0.1, -0.05) is 29.8 Å². The average molecular weight is 647 g/mol. The summed E-state index contributed by atoms with van der Waals surface area (Å²) >= 11 is 6.32. The van der Waals surface area contributed by atoms with Gasteiger partial charge in [0, 0.05) is 24.2 Å². The number of fused-ring (bicyclic) bond motifs is 1. The number of ether oxygens (including phenoxy) is 1. The lowest BCUT2D eigenvalue weighted by atomic mass is 9.96. The molecule has 1 saturated heterocycles. The van der Waals surface area contributed by atoms with E-state index in [0.717, 1.165) is 33.8 Å². The summed E-state index contributed by atoms with van der Waals surface area (Å²) in [6.45, 7) is 1.79. The van der Waals surface area contributed by atoms with E-state index >= 15 is 4.39 Å². The number of nitrogens with zero attached hydrogens (tertiary/aromatic N) is 6. The topological polar surface area (TPSA) is 103 Å². The van der Waals surface area contributed by atoms with Crippen LogP contribution in [0.15, 0.2) is 84.0 Å². The summed E-state index contributed by atoms with van der Waals surface area (Å²) in [5, 5.41) is 4.06. The molecule has 0 radical (unpaired) electrons. The third-order valence-electron chi connectivity index (χ3n) is 8.19. The largest absolute Gasteiger partial charge is 0.453 e. The summed E-state index contributed by atoms with van der Waals surface area (Å²) in [7, 11) is 0. The van der Waals surface area contributed by atoms with Gasteiger partial charge in [0.1, 0.15) is 28.8 Å². The first-order valence-electron chi connectivity index (χ1n) is 14.1. The molecule has 5 aromatic rings. The average Bonchev–Trinajstić information content (AvgIpc) is 3.52. The fraction of sp³-hybridized carbons (Fsp3) is 0.156. The summed E-state index contributed by atoms with van der Waals surface area (Å²) < 4.78 is 51.1. The molecule has 232 valence electrons. The smallest absolute Gasteiger partial charge is 0.350 e. The number of carbonyl (C=O) groups is 2. The number of aromatic nitrogens is 4. The second-order valence-electron chi connectivity index (χ2n) is 10.8. The molecule has 46 heavy (non-hydrogen) atoms. The molecule has 0 unspecified atom stereocenters. The number of rotatable bonds is 7. The number of anilines is 1. The van der Waals surface area contributed by atoms with Crippen LogP contribution in [0.2, 0.25) is 5.02 Å². The Morgan fingerprint density at radius 3 is 2.24 bits per heavy atom. The van der Waals surface area contributed by atoms with E-state index in [1.54, 1.807) is 24.3 Å². The van der Waals surface area contributed by atoms with Crippen LogP contribution in [0, 0.1) is 17.5 Å². The first-order chi connectivity index (χ1) is 22.1. The molecule has 10 nitrogen and oxygen atoms in total. The number of carbonyl (C=O) groups excluding carboxylic acids is 2. The van der Waals surface area contributed by atoms with Gasteiger partial charge in [-0.05, 0) is 43.3 Å². The Morgan fingerprint density at radius 2 is 1.59 bits per heavy atom. The highest BCUT2D eigenvalue weighted by Crippen LogP contribution is 2.38. The van der Waals surface area contributed by atoms with Gasteiger partial charge in [0.2, 0.25) is 0 Å². The minimum Gasteiger partial charge on any atom is -0.453 e. The van der Waals surface area contributed by atoms with E-state index in [-0.39, 0.29) is 51.7 Å². The summed E-state index contributed by atoms with van der Waals surface area (Å²) in [4.78, 5) is 46.3. The molecule has 0 spiro atoms. The SMILES string of the molecule is C[C@H]1[C@@H](N2C(=O)c3ccccc3C2=O)CN1c1cc(Oc2ccc(-n3ncn(Cc4c(F)cccc4F)c3=O)cc2F)c(Cl)cn1. The molecule has 2 aliphatic rings. The molecule has 14 heteroatoms. The number of halogens is 4. The molecule has 7 rings (SSSR count). The van der Waals surface area contributed by atoms with Gasteiger partial charge in [0.05, 0.1) is 41.6 Å². The van der Waals surface area contributed by atoms with E-state index in [4.69, 9.17) is 16.3 Å². The van der Waals surface area contributed by atoms with Crippen LogP contribution in [0.25, 0.3) is 5.69 Å². The zero-order valence-corrected chi connectivity index (χ0v) is 24.7. The van der Waals surface area contributed by atoms with Crippen molar-refractivity contribution in [1.82, 2.24) is 24.2 Å². The van der Waals surface area contributed by atoms with Crippen molar-refractivity contribution >= 4 is 29.2 Å². The normalized spacial score (nSPS) is 17.3. The van der Waals surface area contributed by atoms with Gasteiger partial charge in [0.15, 0.2) is 17.3 Å². The van der Waals surface area contributed by atoms with Crippen molar-refractivity contribution in [2.45, 2.75) is 25.6 Å². The van der Waals surface area contributed by atoms with Crippen molar-refractivity contribution in [1.29, 1.82) is 0 Å². The number of imide groups is 1. The molecule has 1 fully saturated rings. The van der Waals surface area contributed by atoms with Crippen molar-refractivity contribution in [3.8, 4) is 17.2 Å². The van der Waals surface area contributed by atoms with E-state index in [9.17, 15) is 23.2 Å². The number of amides is 2. The lowest BCUT2D eigenvalue weighted by Crippen LogP contribution is -2.67. The minimum absolute atomic E-state index is 0.0534. The van der Waals surface area contributed by atoms with Crippen molar-refractivity contribution in [2.24, 2.45) is 0 Å². The van der Waals surface area contributed by atoms with Gasteiger partial charge >= 0.3 is 5.69 Å². The third kappa shape index (κ3) is 4.79. The second-order valence-corrected chi connectivity index (χ2v) is 11.2. The van der Waals surface area contributed by atoms with Gasteiger partial charge in [0.25, 0.3) is 11.8 Å². The molecule has 4 heterocycles. The fourth-order valence-corrected chi connectivity index (χ4v) is 5.78. The molecule has 2 atom stereocenters. The first kappa shape index (κ1) is 29.3. The predicted molar refractivity (Wildman–Crippen MR) is 160 cm³/mol. The van der Waals surface area contributed by atoms with Crippen molar-refractivity contribution in [2.75, 3.05) is 11.4 Å². The van der Waals surface area contributed by atoms with E-state index in [1.165, 1.54) is 35.4 Å². The highest BCUT2D eigenvalue weighted by molar-refractivity contribution is 6.32. The molecule has 2 aromatic heterocycles. The fourth-order valence-electron chi connectivity index (χ4n) is 5.64. The van der Waals surface area contributed by atoms with Crippen LogP contribution in [0.5, 0.6) is 11.5 Å². The van der Waals surface area contributed by atoms with Crippen molar-refractivity contribution in [3.63, 3.8) is 0 Å². The summed E-state index contributed by atoms with van der Waals surface area (Å²) in [6.07, 6.45) is 2.45. The zero-order valence-electron chi connectivity index (χ0n) is 23.9. The Hall–Kier alpha value is -5.43. The van der Waals surface area contributed by atoms with Crippen LogP contribution >= 0.6 is 11.6 Å². The van der Waals surface area contributed by atoms with E-state index in [1.807, 2.05) is 11.8 Å². The highest BCUT2D eigenvalue weighted by Gasteiger charge is 2.48. The minimum atomic E-state index is -0.837. The molecule has 0 N–H and O–H groups in total. The van der Waals surface area contributed by atoms with Gasteiger partial charge in [-0.2, -0.15) is 9.78 Å². The quantitative estimate of drug-likeness (QED) is 0.224.